The second-order valence-electron chi connectivity index (χ2n) is 9.41. The molecule has 2 aliphatic rings. The topological polar surface area (TPSA) is 79.9 Å². The minimum Gasteiger partial charge on any atom is -0.468 e. The molecule has 7 nitrogen and oxygen atoms in total. The van der Waals surface area contributed by atoms with Crippen molar-refractivity contribution in [2.24, 2.45) is 0 Å². The molecule has 2 saturated heterocycles. The average Bonchev–Trinajstić information content (AvgIpc) is 2.72. The monoisotopic (exact) mass is 507 g/mol. The van der Waals surface area contributed by atoms with Crippen molar-refractivity contribution < 1.29 is 23.5 Å². The molecule has 0 aromatic heterocycles. The zero-order valence-corrected chi connectivity index (χ0v) is 21.3. The Balaban J connectivity index is 0.00000272. The lowest BCUT2D eigenvalue weighted by atomic mass is 9.81. The number of piperidine rings is 2. The van der Waals surface area contributed by atoms with Gasteiger partial charge in [0.25, 0.3) is 0 Å². The molecule has 0 aliphatic carbocycles. The highest BCUT2D eigenvalue weighted by Gasteiger charge is 2.39. The van der Waals surface area contributed by atoms with E-state index in [2.05, 4.69) is 15.5 Å². The summed E-state index contributed by atoms with van der Waals surface area (Å²) in [5, 5.41) is 6.32. The molecule has 2 N–H and O–H groups in total. The van der Waals surface area contributed by atoms with Gasteiger partial charge in [0.1, 0.15) is 17.5 Å². The van der Waals surface area contributed by atoms with E-state index in [9.17, 15) is 14.0 Å². The van der Waals surface area contributed by atoms with E-state index in [1.54, 1.807) is 12.1 Å². The maximum atomic E-state index is 13.4. The van der Waals surface area contributed by atoms with Crippen LogP contribution in [0.15, 0.2) is 24.3 Å². The highest BCUT2D eigenvalue weighted by molar-refractivity contribution is 5.85. The first-order valence-electron chi connectivity index (χ1n) is 11.0. The van der Waals surface area contributed by atoms with Gasteiger partial charge in [0.15, 0.2) is 0 Å². The standard InChI is InChI=1S/C23H34FN3O4.2ClH/c1-23(2,3)31-22(29)26-17-9-11-27(12-10-17)18-13-19(15-5-7-16(24)8-6-15)20(25-14-18)21(28)30-4;;/h5-8,17-20,25H,9-14H2,1-4H3,(H,26,29);2*1H. The van der Waals surface area contributed by atoms with Gasteiger partial charge in [-0.1, -0.05) is 12.1 Å². The SMILES string of the molecule is COC(=O)C1NCC(N2CCC(NC(=O)OC(C)(C)C)CC2)CC1c1ccc(F)cc1.Cl.Cl. The Kier molecular flexibility index (Phi) is 11.4. The first-order valence-corrected chi connectivity index (χ1v) is 11.0. The van der Waals surface area contributed by atoms with Gasteiger partial charge >= 0.3 is 12.1 Å². The highest BCUT2D eigenvalue weighted by Crippen LogP contribution is 2.32. The van der Waals surface area contributed by atoms with Gasteiger partial charge in [-0.25, -0.2) is 9.18 Å². The van der Waals surface area contributed by atoms with Crippen LogP contribution in [0.5, 0.6) is 0 Å². The molecular formula is C23H36Cl2FN3O4. The number of halogens is 3. The van der Waals surface area contributed by atoms with Crippen LogP contribution in [0.4, 0.5) is 9.18 Å². The number of nitrogens with one attached hydrogen (secondary N) is 2. The highest BCUT2D eigenvalue weighted by atomic mass is 35.5. The number of hydrogen-bond donors (Lipinski definition) is 2. The molecule has 3 atom stereocenters. The molecule has 1 aromatic carbocycles. The first-order chi connectivity index (χ1) is 14.7. The molecule has 3 unspecified atom stereocenters. The molecule has 3 rings (SSSR count). The van der Waals surface area contributed by atoms with Crippen molar-refractivity contribution in [3.05, 3.63) is 35.6 Å². The van der Waals surface area contributed by atoms with E-state index in [1.807, 2.05) is 20.8 Å². The fourth-order valence-corrected chi connectivity index (χ4v) is 4.49. The maximum absolute atomic E-state index is 13.4. The normalized spacial score (nSPS) is 24.1. The number of likely N-dealkylation sites (tertiary alicyclic amines) is 1. The van der Waals surface area contributed by atoms with Gasteiger partial charge in [0, 0.05) is 37.6 Å². The van der Waals surface area contributed by atoms with Crippen LogP contribution in [-0.4, -0.2) is 67.4 Å². The van der Waals surface area contributed by atoms with Crippen LogP contribution in [0.2, 0.25) is 0 Å². The summed E-state index contributed by atoms with van der Waals surface area (Å²) >= 11 is 0. The van der Waals surface area contributed by atoms with Crippen LogP contribution >= 0.6 is 24.8 Å². The molecule has 1 aromatic rings. The number of ether oxygens (including phenoxy) is 2. The third-order valence-electron chi connectivity index (χ3n) is 6.02. The second-order valence-corrected chi connectivity index (χ2v) is 9.41. The fraction of sp³-hybridized carbons (Fsp3) is 0.652. The van der Waals surface area contributed by atoms with E-state index in [1.165, 1.54) is 19.2 Å². The van der Waals surface area contributed by atoms with E-state index < -0.39 is 11.6 Å². The minimum absolute atomic E-state index is 0. The zero-order valence-electron chi connectivity index (χ0n) is 19.6. The van der Waals surface area contributed by atoms with Gasteiger partial charge in [-0.2, -0.15) is 0 Å². The number of nitrogens with zero attached hydrogens (tertiary/aromatic N) is 1. The van der Waals surface area contributed by atoms with Gasteiger partial charge in [-0.05, 0) is 57.7 Å². The second kappa shape index (κ2) is 12.7. The Morgan fingerprint density at radius 3 is 2.27 bits per heavy atom. The Morgan fingerprint density at radius 2 is 1.73 bits per heavy atom. The number of hydrogen-bond acceptors (Lipinski definition) is 6. The van der Waals surface area contributed by atoms with Crippen molar-refractivity contribution >= 4 is 36.9 Å². The molecule has 1 amide bonds. The van der Waals surface area contributed by atoms with E-state index in [-0.39, 0.29) is 60.7 Å². The summed E-state index contributed by atoms with van der Waals surface area (Å²) in [4.78, 5) is 26.8. The lowest BCUT2D eigenvalue weighted by Gasteiger charge is -2.43. The number of benzene rings is 1. The smallest absolute Gasteiger partial charge is 0.407 e. The molecule has 33 heavy (non-hydrogen) atoms. The van der Waals surface area contributed by atoms with Crippen LogP contribution in [0.1, 0.15) is 51.5 Å². The largest absolute Gasteiger partial charge is 0.468 e. The number of carbonyl (C=O) groups excluding carboxylic acids is 2. The average molecular weight is 508 g/mol. The Labute approximate surface area is 208 Å². The van der Waals surface area contributed by atoms with Crippen LogP contribution in [0.3, 0.4) is 0 Å². The lowest BCUT2D eigenvalue weighted by molar-refractivity contribution is -0.144. The van der Waals surface area contributed by atoms with Crippen molar-refractivity contribution in [2.75, 3.05) is 26.7 Å². The number of amides is 1. The minimum atomic E-state index is -0.510. The third kappa shape index (κ3) is 8.28. The summed E-state index contributed by atoms with van der Waals surface area (Å²) in [5.41, 5.74) is 0.417. The number of carbonyl (C=O) groups is 2. The predicted molar refractivity (Wildman–Crippen MR) is 130 cm³/mol. The molecule has 0 radical (unpaired) electrons. The molecular weight excluding hydrogens is 472 g/mol. The van der Waals surface area contributed by atoms with Crippen LogP contribution in [0, 0.1) is 5.82 Å². The predicted octanol–water partition coefficient (Wildman–Crippen LogP) is 3.65. The van der Waals surface area contributed by atoms with Gasteiger partial charge in [0.2, 0.25) is 0 Å². The fourth-order valence-electron chi connectivity index (χ4n) is 4.49. The van der Waals surface area contributed by atoms with Crippen LogP contribution in [0.25, 0.3) is 0 Å². The summed E-state index contributed by atoms with van der Waals surface area (Å²) in [6.07, 6.45) is 2.10. The van der Waals surface area contributed by atoms with Crippen molar-refractivity contribution in [3.8, 4) is 0 Å². The Hall–Kier alpha value is -1.61. The summed E-state index contributed by atoms with van der Waals surface area (Å²) < 4.78 is 23.8. The van der Waals surface area contributed by atoms with Gasteiger partial charge < -0.3 is 20.1 Å². The van der Waals surface area contributed by atoms with E-state index in [0.717, 1.165) is 37.9 Å². The van der Waals surface area contributed by atoms with Crippen molar-refractivity contribution in [2.45, 2.75) is 69.7 Å². The van der Waals surface area contributed by atoms with E-state index in [4.69, 9.17) is 9.47 Å². The summed E-state index contributed by atoms with van der Waals surface area (Å²) in [5.74, 6) is -0.685. The lowest BCUT2D eigenvalue weighted by Crippen LogP contribution is -2.58. The Bertz CT molecular complexity index is 768. The Morgan fingerprint density at radius 1 is 1.12 bits per heavy atom. The van der Waals surface area contributed by atoms with Crippen molar-refractivity contribution in [3.63, 3.8) is 0 Å². The summed E-state index contributed by atoms with van der Waals surface area (Å²) in [6, 6.07) is 6.26. The first kappa shape index (κ1) is 29.4. The molecule has 0 spiro atoms. The molecule has 10 heteroatoms. The van der Waals surface area contributed by atoms with E-state index in [0.29, 0.717) is 6.54 Å². The van der Waals surface area contributed by atoms with Crippen molar-refractivity contribution in [1.82, 2.24) is 15.5 Å². The van der Waals surface area contributed by atoms with Crippen LogP contribution < -0.4 is 10.6 Å². The molecule has 0 saturated carbocycles. The number of alkyl carbamates (subject to hydrolysis) is 1. The molecule has 2 heterocycles. The van der Waals surface area contributed by atoms with Crippen LogP contribution in [-0.2, 0) is 14.3 Å². The number of esters is 1. The summed E-state index contributed by atoms with van der Waals surface area (Å²) in [6.45, 7) is 7.94. The number of rotatable bonds is 4. The molecule has 188 valence electrons. The number of methoxy groups -OCH3 is 1. The molecule has 0 bridgehead atoms. The zero-order chi connectivity index (χ0) is 22.6. The maximum Gasteiger partial charge on any atom is 0.407 e. The third-order valence-corrected chi connectivity index (χ3v) is 6.02. The molecule has 2 aliphatic heterocycles. The summed E-state index contributed by atoms with van der Waals surface area (Å²) in [7, 11) is 1.39. The van der Waals surface area contributed by atoms with Gasteiger partial charge in [-0.3, -0.25) is 9.69 Å². The quantitative estimate of drug-likeness (QED) is 0.605. The van der Waals surface area contributed by atoms with Gasteiger partial charge in [-0.15, -0.1) is 24.8 Å². The van der Waals surface area contributed by atoms with E-state index >= 15 is 0 Å². The van der Waals surface area contributed by atoms with Gasteiger partial charge in [0.05, 0.1) is 7.11 Å². The molecule has 2 fully saturated rings. The van der Waals surface area contributed by atoms with Crippen molar-refractivity contribution in [1.29, 1.82) is 0 Å².